The van der Waals surface area contributed by atoms with E-state index in [4.69, 9.17) is 0 Å². The summed E-state index contributed by atoms with van der Waals surface area (Å²) in [6.45, 7) is 0. The number of anilines is 1. The highest BCUT2D eigenvalue weighted by atomic mass is 32.2. The molecule has 0 saturated heterocycles. The number of rotatable bonds is 0. The van der Waals surface area contributed by atoms with Crippen LogP contribution in [0.4, 0.5) is 5.69 Å². The molecule has 0 spiro atoms. The van der Waals surface area contributed by atoms with Gasteiger partial charge < -0.3 is 4.90 Å². The van der Waals surface area contributed by atoms with E-state index in [2.05, 4.69) is 58.8 Å². The van der Waals surface area contributed by atoms with E-state index in [1.54, 1.807) is 0 Å². The number of para-hydroxylation sites is 1. The van der Waals surface area contributed by atoms with Crippen LogP contribution in [0.2, 0.25) is 0 Å². The molecule has 0 bridgehead atoms. The fourth-order valence-corrected chi connectivity index (χ4v) is 3.52. The van der Waals surface area contributed by atoms with Crippen LogP contribution in [-0.4, -0.2) is 5.88 Å². The van der Waals surface area contributed by atoms with Gasteiger partial charge in [-0.1, -0.05) is 42.5 Å². The first-order valence-corrected chi connectivity index (χ1v) is 6.78. The predicted molar refractivity (Wildman–Crippen MR) is 74.8 cm³/mol. The number of fused-ring (bicyclic) bond motifs is 6. The Morgan fingerprint density at radius 2 is 1.53 bits per heavy atom. The molecule has 2 heteroatoms. The largest absolute Gasteiger partial charge is 0.330 e. The maximum Gasteiger partial charge on any atom is 0.0730 e. The lowest BCUT2D eigenvalue weighted by Gasteiger charge is -2.31. The van der Waals surface area contributed by atoms with Gasteiger partial charge in [0.15, 0.2) is 0 Å². The Hall–Kier alpha value is -1.67. The second kappa shape index (κ2) is 3.41. The van der Waals surface area contributed by atoms with Crippen LogP contribution in [0.5, 0.6) is 0 Å². The van der Waals surface area contributed by atoms with Crippen molar-refractivity contribution in [2.75, 3.05) is 10.8 Å². The van der Waals surface area contributed by atoms with Crippen LogP contribution >= 0.6 is 11.8 Å². The molecule has 0 N–H and O–H groups in total. The van der Waals surface area contributed by atoms with Crippen molar-refractivity contribution in [3.05, 3.63) is 59.5 Å². The lowest BCUT2D eigenvalue weighted by molar-refractivity contribution is 1.18. The van der Waals surface area contributed by atoms with Crippen LogP contribution in [0.3, 0.4) is 0 Å². The van der Waals surface area contributed by atoms with Crippen molar-refractivity contribution < 1.29 is 0 Å². The lowest BCUT2D eigenvalue weighted by atomic mass is 9.92. The van der Waals surface area contributed by atoms with Gasteiger partial charge in [-0.25, -0.2) is 0 Å². The zero-order valence-electron chi connectivity index (χ0n) is 9.26. The van der Waals surface area contributed by atoms with Crippen molar-refractivity contribution in [3.63, 3.8) is 0 Å². The van der Waals surface area contributed by atoms with Crippen LogP contribution in [0.15, 0.2) is 53.9 Å². The number of nitrogens with zero attached hydrogens (tertiary/aromatic N) is 1. The number of hydrogen-bond acceptors (Lipinski definition) is 2. The Bertz CT molecular complexity index is 630. The van der Waals surface area contributed by atoms with Crippen molar-refractivity contribution in [1.82, 2.24) is 0 Å². The molecule has 4 rings (SSSR count). The molecule has 2 aliphatic heterocycles. The van der Waals surface area contributed by atoms with Gasteiger partial charge in [0.05, 0.1) is 11.6 Å². The molecular weight excluding hydrogens is 226 g/mol. The molecule has 0 aromatic heterocycles. The fourth-order valence-electron chi connectivity index (χ4n) is 2.61. The van der Waals surface area contributed by atoms with E-state index >= 15 is 0 Å². The van der Waals surface area contributed by atoms with E-state index in [-0.39, 0.29) is 0 Å². The topological polar surface area (TPSA) is 3.24 Å². The molecule has 0 saturated carbocycles. The molecule has 0 fully saturated rings. The quantitative estimate of drug-likeness (QED) is 0.676. The SMILES string of the molecule is C1=C2c3ccccc3-c3ccccc3N2CS1. The monoisotopic (exact) mass is 237 g/mol. The first-order valence-electron chi connectivity index (χ1n) is 5.73. The summed E-state index contributed by atoms with van der Waals surface area (Å²) in [6.07, 6.45) is 0. The Kier molecular flexibility index (Phi) is 1.88. The highest BCUT2D eigenvalue weighted by Crippen LogP contribution is 2.47. The Balaban J connectivity index is 2.10. The molecule has 0 unspecified atom stereocenters. The van der Waals surface area contributed by atoms with Crippen molar-refractivity contribution >= 4 is 23.1 Å². The summed E-state index contributed by atoms with van der Waals surface area (Å²) in [6, 6.07) is 17.3. The molecule has 2 aromatic rings. The maximum atomic E-state index is 2.41. The van der Waals surface area contributed by atoms with Crippen molar-refractivity contribution in [2.24, 2.45) is 0 Å². The van der Waals surface area contributed by atoms with Gasteiger partial charge in [-0.3, -0.25) is 0 Å². The zero-order chi connectivity index (χ0) is 11.2. The minimum absolute atomic E-state index is 1.03. The number of hydrogen-bond donors (Lipinski definition) is 0. The van der Waals surface area contributed by atoms with Crippen molar-refractivity contribution in [3.8, 4) is 11.1 Å². The van der Waals surface area contributed by atoms with Gasteiger partial charge in [-0.05, 0) is 17.0 Å². The zero-order valence-corrected chi connectivity index (χ0v) is 10.1. The van der Waals surface area contributed by atoms with E-state index in [1.807, 2.05) is 11.8 Å². The third-order valence-corrected chi connectivity index (χ3v) is 4.17. The maximum absolute atomic E-state index is 2.41. The van der Waals surface area contributed by atoms with Gasteiger partial charge in [-0.15, -0.1) is 11.8 Å². The molecule has 0 radical (unpaired) electrons. The fraction of sp³-hybridized carbons (Fsp3) is 0.0667. The molecule has 82 valence electrons. The summed E-state index contributed by atoms with van der Waals surface area (Å²) in [5.74, 6) is 1.03. The molecule has 17 heavy (non-hydrogen) atoms. The van der Waals surface area contributed by atoms with Gasteiger partial charge in [0.2, 0.25) is 0 Å². The Morgan fingerprint density at radius 3 is 2.41 bits per heavy atom. The van der Waals surface area contributed by atoms with E-state index in [1.165, 1.54) is 28.1 Å². The molecule has 2 aliphatic rings. The molecule has 1 nitrogen and oxygen atoms in total. The van der Waals surface area contributed by atoms with Gasteiger partial charge >= 0.3 is 0 Å². The average molecular weight is 237 g/mol. The van der Waals surface area contributed by atoms with E-state index in [0.717, 1.165) is 5.88 Å². The van der Waals surface area contributed by atoms with Crippen LogP contribution in [0, 0.1) is 0 Å². The third kappa shape index (κ3) is 1.22. The molecule has 2 aromatic carbocycles. The summed E-state index contributed by atoms with van der Waals surface area (Å²) < 4.78 is 0. The van der Waals surface area contributed by atoms with E-state index in [0.29, 0.717) is 0 Å². The highest BCUT2D eigenvalue weighted by Gasteiger charge is 2.28. The summed E-state index contributed by atoms with van der Waals surface area (Å²) in [5.41, 5.74) is 6.75. The minimum atomic E-state index is 1.03. The van der Waals surface area contributed by atoms with E-state index in [9.17, 15) is 0 Å². The first-order chi connectivity index (χ1) is 8.45. The van der Waals surface area contributed by atoms with Crippen LogP contribution in [0.1, 0.15) is 5.56 Å². The second-order valence-corrected chi connectivity index (χ2v) is 5.12. The summed E-state index contributed by atoms with van der Waals surface area (Å²) in [7, 11) is 0. The standard InChI is InChI=1S/C15H11NS/c1-2-7-13-11(5-1)12-6-3-4-8-14(12)16-10-17-9-15(13)16/h1-9H,10H2. The molecular formula is C15H11NS. The van der Waals surface area contributed by atoms with Crippen LogP contribution in [-0.2, 0) is 0 Å². The Labute approximate surface area is 105 Å². The Morgan fingerprint density at radius 1 is 0.824 bits per heavy atom. The normalized spacial score (nSPS) is 16.0. The number of thioether (sulfide) groups is 1. The molecule has 0 atom stereocenters. The van der Waals surface area contributed by atoms with Crippen molar-refractivity contribution in [2.45, 2.75) is 0 Å². The van der Waals surface area contributed by atoms with Crippen LogP contribution < -0.4 is 4.90 Å². The molecule has 2 heterocycles. The number of benzene rings is 2. The minimum Gasteiger partial charge on any atom is -0.330 e. The lowest BCUT2D eigenvalue weighted by Crippen LogP contribution is -2.21. The highest BCUT2D eigenvalue weighted by molar-refractivity contribution is 8.02. The summed E-state index contributed by atoms with van der Waals surface area (Å²) >= 11 is 1.87. The average Bonchev–Trinajstić information content (AvgIpc) is 2.89. The summed E-state index contributed by atoms with van der Waals surface area (Å²) in [5, 5.41) is 2.27. The van der Waals surface area contributed by atoms with Gasteiger partial charge in [0.25, 0.3) is 0 Å². The predicted octanol–water partition coefficient (Wildman–Crippen LogP) is 4.18. The molecule has 0 amide bonds. The molecule has 0 aliphatic carbocycles. The summed E-state index contributed by atoms with van der Waals surface area (Å²) in [4.78, 5) is 2.41. The smallest absolute Gasteiger partial charge is 0.0730 e. The van der Waals surface area contributed by atoms with Gasteiger partial charge in [0, 0.05) is 16.8 Å². The first kappa shape index (κ1) is 9.37. The van der Waals surface area contributed by atoms with Crippen LogP contribution in [0.25, 0.3) is 16.8 Å². The second-order valence-electron chi connectivity index (χ2n) is 4.29. The van der Waals surface area contributed by atoms with Gasteiger partial charge in [0.1, 0.15) is 0 Å². The third-order valence-electron chi connectivity index (χ3n) is 3.38. The van der Waals surface area contributed by atoms with E-state index < -0.39 is 0 Å². The van der Waals surface area contributed by atoms with Gasteiger partial charge in [-0.2, -0.15) is 0 Å². The van der Waals surface area contributed by atoms with Crippen molar-refractivity contribution in [1.29, 1.82) is 0 Å².